The first-order chi connectivity index (χ1) is 6.32. The first-order valence-electron chi connectivity index (χ1n) is 5.26. The second kappa shape index (κ2) is 4.40. The van der Waals surface area contributed by atoms with Crippen LogP contribution in [0.2, 0.25) is 0 Å². The fraction of sp³-hybridized carbons (Fsp3) is 1.00. The van der Waals surface area contributed by atoms with Crippen molar-refractivity contribution in [3.63, 3.8) is 0 Å². The first-order valence-corrected chi connectivity index (χ1v) is 7.63. The average Bonchev–Trinajstić information content (AvgIpc) is 2.01. The Hall–Kier alpha value is 0.240. The quantitative estimate of drug-likeness (QED) is 0.693. The van der Waals surface area contributed by atoms with Crippen molar-refractivity contribution in [2.75, 3.05) is 0 Å². The molecule has 4 heteroatoms. The summed E-state index contributed by atoms with van der Waals surface area (Å²) in [6.07, 6.45) is 2.86. The summed E-state index contributed by atoms with van der Waals surface area (Å²) in [7, 11) is 2.11. The van der Waals surface area contributed by atoms with Gasteiger partial charge >= 0.3 is 0 Å². The third-order valence-corrected chi connectivity index (χ3v) is 5.27. The molecule has 1 fully saturated rings. The second-order valence-corrected chi connectivity index (χ2v) is 7.69. The molecule has 0 amide bonds. The summed E-state index contributed by atoms with van der Waals surface area (Å²) in [5.41, 5.74) is 0. The highest BCUT2D eigenvalue weighted by Gasteiger charge is 2.38. The molecule has 1 rings (SSSR count). The Balaban J connectivity index is 2.85. The van der Waals surface area contributed by atoms with Crippen LogP contribution >= 0.6 is 10.7 Å². The van der Waals surface area contributed by atoms with E-state index in [1.807, 2.05) is 0 Å². The normalized spacial score (nSPS) is 34.8. The van der Waals surface area contributed by atoms with Gasteiger partial charge in [0, 0.05) is 10.7 Å². The maximum atomic E-state index is 11.4. The van der Waals surface area contributed by atoms with Gasteiger partial charge in [-0.15, -0.1) is 0 Å². The molecule has 0 aromatic carbocycles. The molecule has 0 aromatic rings. The summed E-state index contributed by atoms with van der Waals surface area (Å²) in [5.74, 6) is 1.14. The van der Waals surface area contributed by atoms with Gasteiger partial charge in [-0.25, -0.2) is 8.42 Å². The van der Waals surface area contributed by atoms with Crippen molar-refractivity contribution in [3.8, 4) is 0 Å². The monoisotopic (exact) mass is 238 g/mol. The Bertz CT molecular complexity index is 284. The summed E-state index contributed by atoms with van der Waals surface area (Å²) < 4.78 is 22.8. The lowest BCUT2D eigenvalue weighted by molar-refractivity contribution is 0.238. The smallest absolute Gasteiger partial charge is 0.212 e. The standard InChI is InChI=1S/C10H19ClO2S/c1-7(2)9-5-4-8(3)6-10(9)14(11,12)13/h7-10H,4-6H2,1-3H3/t8-,9+,10-/m1/s1. The minimum Gasteiger partial charge on any atom is -0.212 e. The van der Waals surface area contributed by atoms with Gasteiger partial charge < -0.3 is 0 Å². The molecular weight excluding hydrogens is 220 g/mol. The Morgan fingerprint density at radius 1 is 1.29 bits per heavy atom. The minimum atomic E-state index is -3.38. The predicted octanol–water partition coefficient (Wildman–Crippen LogP) is 3.02. The van der Waals surface area contributed by atoms with E-state index in [9.17, 15) is 8.42 Å². The van der Waals surface area contributed by atoms with Gasteiger partial charge in [-0.2, -0.15) is 0 Å². The highest BCUT2D eigenvalue weighted by molar-refractivity contribution is 8.14. The van der Waals surface area contributed by atoms with Crippen molar-refractivity contribution in [1.29, 1.82) is 0 Å². The molecule has 0 aliphatic heterocycles. The molecule has 0 heterocycles. The lowest BCUT2D eigenvalue weighted by Crippen LogP contribution is -2.36. The zero-order valence-electron chi connectivity index (χ0n) is 9.03. The minimum absolute atomic E-state index is 0.244. The first kappa shape index (κ1) is 12.3. The van der Waals surface area contributed by atoms with E-state index in [0.29, 0.717) is 11.8 Å². The summed E-state index contributed by atoms with van der Waals surface area (Å²) in [6.45, 7) is 6.26. The van der Waals surface area contributed by atoms with Gasteiger partial charge in [-0.05, 0) is 30.6 Å². The van der Waals surface area contributed by atoms with Gasteiger partial charge in [0.25, 0.3) is 0 Å². The SMILES string of the molecule is CC(C)[C@@H]1CC[C@@H](C)C[C@H]1S(=O)(=O)Cl. The highest BCUT2D eigenvalue weighted by Crippen LogP contribution is 2.38. The zero-order chi connectivity index (χ0) is 10.9. The van der Waals surface area contributed by atoms with Crippen LogP contribution in [0, 0.1) is 17.8 Å². The summed E-state index contributed by atoms with van der Waals surface area (Å²) in [5, 5.41) is -0.326. The molecule has 0 saturated heterocycles. The lowest BCUT2D eigenvalue weighted by atomic mass is 9.77. The maximum Gasteiger partial charge on any atom is 0.235 e. The van der Waals surface area contributed by atoms with Gasteiger partial charge in [0.1, 0.15) is 0 Å². The van der Waals surface area contributed by atoms with E-state index in [4.69, 9.17) is 10.7 Å². The van der Waals surface area contributed by atoms with Gasteiger partial charge in [-0.1, -0.05) is 27.2 Å². The van der Waals surface area contributed by atoms with E-state index >= 15 is 0 Å². The molecule has 0 spiro atoms. The summed E-state index contributed by atoms with van der Waals surface area (Å²) in [6, 6.07) is 0. The third-order valence-electron chi connectivity index (χ3n) is 3.32. The Labute approximate surface area is 91.5 Å². The van der Waals surface area contributed by atoms with Gasteiger partial charge in [0.2, 0.25) is 9.05 Å². The lowest BCUT2D eigenvalue weighted by Gasteiger charge is -2.35. The molecule has 0 N–H and O–H groups in total. The summed E-state index contributed by atoms with van der Waals surface area (Å²) in [4.78, 5) is 0. The topological polar surface area (TPSA) is 34.1 Å². The zero-order valence-corrected chi connectivity index (χ0v) is 10.6. The van der Waals surface area contributed by atoms with Crippen molar-refractivity contribution in [2.24, 2.45) is 17.8 Å². The molecule has 1 aliphatic carbocycles. The fourth-order valence-electron chi connectivity index (χ4n) is 2.44. The number of hydrogen-bond acceptors (Lipinski definition) is 2. The molecule has 0 unspecified atom stereocenters. The van der Waals surface area contributed by atoms with Gasteiger partial charge in [0.05, 0.1) is 5.25 Å². The van der Waals surface area contributed by atoms with Crippen LogP contribution in [0.15, 0.2) is 0 Å². The van der Waals surface area contributed by atoms with Crippen LogP contribution < -0.4 is 0 Å². The molecule has 14 heavy (non-hydrogen) atoms. The van der Waals surface area contributed by atoms with E-state index in [0.717, 1.165) is 19.3 Å². The average molecular weight is 239 g/mol. The van der Waals surface area contributed by atoms with E-state index in [-0.39, 0.29) is 11.2 Å². The van der Waals surface area contributed by atoms with Crippen molar-refractivity contribution < 1.29 is 8.42 Å². The van der Waals surface area contributed by atoms with Crippen molar-refractivity contribution in [1.82, 2.24) is 0 Å². The largest absolute Gasteiger partial charge is 0.235 e. The van der Waals surface area contributed by atoms with Crippen LogP contribution in [0.4, 0.5) is 0 Å². The van der Waals surface area contributed by atoms with Crippen molar-refractivity contribution in [2.45, 2.75) is 45.3 Å². The molecule has 0 aromatic heterocycles. The Morgan fingerprint density at radius 2 is 1.86 bits per heavy atom. The Kier molecular flexibility index (Phi) is 3.87. The molecule has 84 valence electrons. The van der Waals surface area contributed by atoms with Crippen molar-refractivity contribution >= 4 is 19.7 Å². The molecule has 3 atom stereocenters. The number of halogens is 1. The van der Waals surface area contributed by atoms with Crippen LogP contribution in [0.5, 0.6) is 0 Å². The maximum absolute atomic E-state index is 11.4. The molecular formula is C10H19ClO2S. The molecule has 1 saturated carbocycles. The van der Waals surface area contributed by atoms with E-state index in [1.165, 1.54) is 0 Å². The van der Waals surface area contributed by atoms with E-state index in [2.05, 4.69) is 20.8 Å². The predicted molar refractivity (Wildman–Crippen MR) is 59.9 cm³/mol. The van der Waals surface area contributed by atoms with E-state index in [1.54, 1.807) is 0 Å². The summed E-state index contributed by atoms with van der Waals surface area (Å²) >= 11 is 0. The van der Waals surface area contributed by atoms with Gasteiger partial charge in [0.15, 0.2) is 0 Å². The highest BCUT2D eigenvalue weighted by atomic mass is 35.7. The van der Waals surface area contributed by atoms with Crippen LogP contribution in [0.1, 0.15) is 40.0 Å². The molecule has 0 radical (unpaired) electrons. The Morgan fingerprint density at radius 3 is 2.29 bits per heavy atom. The molecule has 1 aliphatic rings. The number of hydrogen-bond donors (Lipinski definition) is 0. The van der Waals surface area contributed by atoms with Crippen molar-refractivity contribution in [3.05, 3.63) is 0 Å². The van der Waals surface area contributed by atoms with Crippen LogP contribution in [-0.4, -0.2) is 13.7 Å². The number of rotatable bonds is 2. The van der Waals surface area contributed by atoms with Crippen LogP contribution in [-0.2, 0) is 9.05 Å². The van der Waals surface area contributed by atoms with Crippen LogP contribution in [0.25, 0.3) is 0 Å². The van der Waals surface area contributed by atoms with Crippen LogP contribution in [0.3, 0.4) is 0 Å². The second-order valence-electron chi connectivity index (χ2n) is 4.84. The van der Waals surface area contributed by atoms with Gasteiger partial charge in [-0.3, -0.25) is 0 Å². The third kappa shape index (κ3) is 2.86. The fourth-order valence-corrected chi connectivity index (χ4v) is 4.48. The molecule has 0 bridgehead atoms. The molecule has 2 nitrogen and oxygen atoms in total. The van der Waals surface area contributed by atoms with E-state index < -0.39 is 9.05 Å².